The summed E-state index contributed by atoms with van der Waals surface area (Å²) in [5.41, 5.74) is -4.83. The van der Waals surface area contributed by atoms with Gasteiger partial charge in [0, 0.05) is 12.3 Å². The van der Waals surface area contributed by atoms with Crippen molar-refractivity contribution in [2.75, 3.05) is 0 Å². The van der Waals surface area contributed by atoms with Crippen LogP contribution in [0.3, 0.4) is 0 Å². The lowest BCUT2D eigenvalue weighted by Gasteiger charge is -2.18. The van der Waals surface area contributed by atoms with Crippen LogP contribution in [0.1, 0.15) is 49.5 Å². The number of rotatable bonds is 0. The zero-order valence-corrected chi connectivity index (χ0v) is 6.00. The normalized spacial score (nSPS) is 32.3. The Hall–Kier alpha value is -0.780. The molecule has 0 fully saturated rings. The van der Waals surface area contributed by atoms with Gasteiger partial charge in [-0.15, -0.1) is 0 Å². The van der Waals surface area contributed by atoms with E-state index >= 15 is 0 Å². The summed E-state index contributed by atoms with van der Waals surface area (Å²) in [5.74, 6) is 0. The van der Waals surface area contributed by atoms with E-state index in [0.29, 0.717) is 0 Å². The van der Waals surface area contributed by atoms with Crippen LogP contribution in [-0.4, -0.2) is 0 Å². The van der Waals surface area contributed by atoms with E-state index in [0.717, 1.165) is 0 Å². The van der Waals surface area contributed by atoms with Gasteiger partial charge in [-0.25, -0.2) is 0 Å². The molecule has 11 heavy (non-hydrogen) atoms. The molecule has 0 atom stereocenters. The zero-order valence-electron chi connectivity index (χ0n) is 19.0. The Morgan fingerprint density at radius 3 is 2.18 bits per heavy atom. The molecule has 0 unspecified atom stereocenters. The summed E-state index contributed by atoms with van der Waals surface area (Å²) in [4.78, 5) is 0. The van der Waals surface area contributed by atoms with Crippen LogP contribution in [0.15, 0.2) is 24.2 Å². The zero-order chi connectivity index (χ0) is 19.5. The smallest absolute Gasteiger partial charge is 0.0590 e. The maximum Gasteiger partial charge on any atom is 0.0626 e. The second-order valence-corrected chi connectivity index (χ2v) is 2.25. The molecule has 0 heterocycles. The number of hydrogen-bond donors (Lipinski definition) is 0. The van der Waals surface area contributed by atoms with Gasteiger partial charge in [-0.3, -0.25) is 0 Å². The molecule has 1 aromatic rings. The minimum atomic E-state index is -3.64. The van der Waals surface area contributed by atoms with Crippen LogP contribution < -0.4 is 0 Å². The molecule has 0 nitrogen and oxygen atoms in total. The highest BCUT2D eigenvalue weighted by Crippen LogP contribution is 2.21. The van der Waals surface area contributed by atoms with Gasteiger partial charge in [-0.05, 0) is 17.9 Å². The van der Waals surface area contributed by atoms with E-state index in [1.165, 1.54) is 6.92 Å². The van der Waals surface area contributed by atoms with Crippen molar-refractivity contribution in [1.29, 1.82) is 0 Å². The first-order valence-corrected chi connectivity index (χ1v) is 3.00. The SMILES string of the molecule is [2H]c1c([2H])c(C(C([2H])([2H])[2H])(C([2H])([2H])[2H])C([2H])([2H])[2H])c([2H])c([2H])c1C. The van der Waals surface area contributed by atoms with E-state index < -0.39 is 55.7 Å². The van der Waals surface area contributed by atoms with Gasteiger partial charge in [0.25, 0.3) is 0 Å². The molecule has 1 aromatic carbocycles. The molecule has 0 amide bonds. The lowest BCUT2D eigenvalue weighted by Crippen LogP contribution is -2.10. The highest BCUT2D eigenvalue weighted by molar-refractivity contribution is 5.26. The Bertz CT molecular complexity index is 581. The Balaban J connectivity index is 4.27. The Kier molecular flexibility index (Phi) is 0.394. The predicted molar refractivity (Wildman–Crippen MR) is 49.9 cm³/mol. The largest absolute Gasteiger partial charge is 0.0626 e. The summed E-state index contributed by atoms with van der Waals surface area (Å²) >= 11 is 0. The molecule has 0 aliphatic carbocycles. The highest BCUT2D eigenvalue weighted by atomic mass is 14.2. The Morgan fingerprint density at radius 1 is 1.18 bits per heavy atom. The predicted octanol–water partition coefficient (Wildman–Crippen LogP) is 3.29. The van der Waals surface area contributed by atoms with Gasteiger partial charge >= 0.3 is 0 Å². The third kappa shape index (κ3) is 2.07. The van der Waals surface area contributed by atoms with Gasteiger partial charge in [0.05, 0.1) is 5.48 Å². The van der Waals surface area contributed by atoms with Crippen LogP contribution in [0, 0.1) is 6.92 Å². The molecular formula is C11H16. The first-order chi connectivity index (χ1) is 10.4. The van der Waals surface area contributed by atoms with Crippen LogP contribution in [0.4, 0.5) is 0 Å². The van der Waals surface area contributed by atoms with Gasteiger partial charge in [0.1, 0.15) is 0 Å². The number of hydrogen-bond acceptors (Lipinski definition) is 0. The first-order valence-electron chi connectivity index (χ1n) is 9.50. The molecule has 0 heteroatoms. The van der Waals surface area contributed by atoms with Crippen molar-refractivity contribution >= 4 is 0 Å². The summed E-state index contributed by atoms with van der Waals surface area (Å²) in [5, 5.41) is 0. The van der Waals surface area contributed by atoms with Crippen molar-refractivity contribution in [2.45, 2.75) is 32.9 Å². The van der Waals surface area contributed by atoms with Gasteiger partial charge in [0.15, 0.2) is 0 Å². The minimum absolute atomic E-state index is 0.135. The molecule has 0 aliphatic heterocycles. The molecule has 1 rings (SSSR count). The van der Waals surface area contributed by atoms with Crippen molar-refractivity contribution in [2.24, 2.45) is 0 Å². The second-order valence-electron chi connectivity index (χ2n) is 2.25. The molecule has 0 N–H and O–H groups in total. The van der Waals surface area contributed by atoms with Crippen LogP contribution in [-0.2, 0) is 5.41 Å². The highest BCUT2D eigenvalue weighted by Gasteiger charge is 2.11. The molecule has 0 aliphatic rings. The fraction of sp³-hybridized carbons (Fsp3) is 0.455. The lowest BCUT2D eigenvalue weighted by molar-refractivity contribution is 0.590. The quantitative estimate of drug-likeness (QED) is 0.548. The number of benzene rings is 1. The fourth-order valence-corrected chi connectivity index (χ4v) is 0.562. The summed E-state index contributed by atoms with van der Waals surface area (Å²) in [6.45, 7) is -9.66. The van der Waals surface area contributed by atoms with Crippen LogP contribution in [0.5, 0.6) is 0 Å². The lowest BCUT2D eigenvalue weighted by atomic mass is 9.87. The molecule has 0 bridgehead atoms. The van der Waals surface area contributed by atoms with E-state index in [-0.39, 0.29) is 5.56 Å². The molecule has 0 aromatic heterocycles. The van der Waals surface area contributed by atoms with E-state index in [2.05, 4.69) is 0 Å². The van der Waals surface area contributed by atoms with Crippen molar-refractivity contribution < 1.29 is 17.8 Å². The fourth-order valence-electron chi connectivity index (χ4n) is 0.562. The molecule has 0 saturated heterocycles. The van der Waals surface area contributed by atoms with Crippen LogP contribution in [0.2, 0.25) is 0 Å². The van der Waals surface area contributed by atoms with Crippen molar-refractivity contribution in [3.8, 4) is 0 Å². The third-order valence-electron chi connectivity index (χ3n) is 1.12. The Labute approximate surface area is 87.5 Å². The maximum absolute atomic E-state index is 7.93. The van der Waals surface area contributed by atoms with E-state index in [1.54, 1.807) is 0 Å². The van der Waals surface area contributed by atoms with Gasteiger partial charge in [0.2, 0.25) is 0 Å². The first kappa shape index (κ1) is 1.61. The molecule has 0 spiro atoms. The topological polar surface area (TPSA) is 0 Å². The van der Waals surface area contributed by atoms with Crippen molar-refractivity contribution in [1.82, 2.24) is 0 Å². The van der Waals surface area contributed by atoms with Gasteiger partial charge < -0.3 is 0 Å². The summed E-state index contributed by atoms with van der Waals surface area (Å²) < 4.78 is 99.8. The van der Waals surface area contributed by atoms with E-state index in [4.69, 9.17) is 17.8 Å². The molecular weight excluding hydrogens is 132 g/mol. The third-order valence-corrected chi connectivity index (χ3v) is 1.12. The Morgan fingerprint density at radius 2 is 1.73 bits per heavy atom. The average molecular weight is 161 g/mol. The summed E-state index contributed by atoms with van der Waals surface area (Å²) in [7, 11) is 0. The van der Waals surface area contributed by atoms with Crippen LogP contribution in [0.25, 0.3) is 0 Å². The standard InChI is InChI=1S/C11H16/c1-9-5-7-10(8-6-9)11(2,3)4/h5-8H,1-4H3/i2D3,3D3,4D3,5D,6D,7D,8D. The monoisotopic (exact) mass is 161 g/mol. The summed E-state index contributed by atoms with van der Waals surface area (Å²) in [6, 6.07) is -3.30. The minimum Gasteiger partial charge on any atom is -0.0590 e. The van der Waals surface area contributed by atoms with E-state index in [9.17, 15) is 0 Å². The summed E-state index contributed by atoms with van der Waals surface area (Å²) in [6.07, 6.45) is 0. The molecule has 60 valence electrons. The van der Waals surface area contributed by atoms with Crippen molar-refractivity contribution in [3.63, 3.8) is 0 Å². The van der Waals surface area contributed by atoms with Gasteiger partial charge in [-0.2, -0.15) is 0 Å². The maximum atomic E-state index is 7.93. The van der Waals surface area contributed by atoms with Crippen molar-refractivity contribution in [3.05, 3.63) is 35.3 Å². The second kappa shape index (κ2) is 2.69. The average Bonchev–Trinajstić information content (AvgIpc) is 2.34. The van der Waals surface area contributed by atoms with Gasteiger partial charge in [-0.1, -0.05) is 50.3 Å². The van der Waals surface area contributed by atoms with Crippen LogP contribution >= 0.6 is 0 Å². The molecule has 0 saturated carbocycles. The van der Waals surface area contributed by atoms with E-state index in [1.807, 2.05) is 0 Å². The molecule has 0 radical (unpaired) electrons.